The zero-order valence-corrected chi connectivity index (χ0v) is 24.1. The van der Waals surface area contributed by atoms with Gasteiger partial charge in [-0.15, -0.1) is 0 Å². The molecular formula is C33H31N3O8. The Hall–Kier alpha value is -5.71. The summed E-state index contributed by atoms with van der Waals surface area (Å²) in [5.74, 6) is -3.27. The van der Waals surface area contributed by atoms with Crippen molar-refractivity contribution in [3.8, 4) is 5.75 Å². The topological polar surface area (TPSA) is 157 Å². The molecule has 1 aliphatic heterocycles. The number of esters is 2. The van der Waals surface area contributed by atoms with E-state index in [1.54, 1.807) is 44.2 Å². The summed E-state index contributed by atoms with van der Waals surface area (Å²) in [5.41, 5.74) is 2.08. The molecule has 1 aliphatic rings. The zero-order valence-electron chi connectivity index (χ0n) is 24.1. The molecule has 3 aromatic rings. The largest absolute Gasteiger partial charge is 0.507 e. The quantitative estimate of drug-likeness (QED) is 0.123. The van der Waals surface area contributed by atoms with Crippen LogP contribution in [0, 0.1) is 10.1 Å². The highest BCUT2D eigenvalue weighted by atomic mass is 16.6. The number of benzene rings is 3. The lowest BCUT2D eigenvalue weighted by Gasteiger charge is -2.30. The van der Waals surface area contributed by atoms with Crippen LogP contribution < -0.4 is 10.6 Å². The molecule has 1 heterocycles. The number of phenolic OH excluding ortho intramolecular Hbond substituents is 1. The van der Waals surface area contributed by atoms with Gasteiger partial charge < -0.3 is 25.2 Å². The van der Waals surface area contributed by atoms with Gasteiger partial charge in [0, 0.05) is 23.5 Å². The molecule has 4 rings (SSSR count). The molecule has 0 bridgehead atoms. The summed E-state index contributed by atoms with van der Waals surface area (Å²) >= 11 is 0. The van der Waals surface area contributed by atoms with Crippen LogP contribution in [0.4, 0.5) is 5.69 Å². The number of carbonyl (C=O) groups excluding carboxylic acids is 3. The van der Waals surface area contributed by atoms with E-state index in [4.69, 9.17) is 9.47 Å². The van der Waals surface area contributed by atoms with Gasteiger partial charge in [0.05, 0.1) is 34.1 Å². The van der Waals surface area contributed by atoms with Crippen molar-refractivity contribution >= 4 is 29.6 Å². The second-order valence-electron chi connectivity index (χ2n) is 9.81. The number of allylic oxidation sites excluding steroid dienone is 2. The highest BCUT2D eigenvalue weighted by Crippen LogP contribution is 2.40. The number of aromatic hydroxyl groups is 1. The number of nitro groups is 1. The molecule has 226 valence electrons. The van der Waals surface area contributed by atoms with Crippen LogP contribution in [0.15, 0.2) is 107 Å². The fraction of sp³-hybridized carbons (Fsp3) is 0.182. The number of hydrogen-bond acceptors (Lipinski definition) is 9. The second kappa shape index (κ2) is 14.5. The minimum atomic E-state index is -1.04. The summed E-state index contributed by atoms with van der Waals surface area (Å²) in [6.45, 7) is 2.96. The van der Waals surface area contributed by atoms with Gasteiger partial charge in [-0.25, -0.2) is 9.59 Å². The van der Waals surface area contributed by atoms with Crippen LogP contribution in [0.3, 0.4) is 0 Å². The molecule has 11 heteroatoms. The van der Waals surface area contributed by atoms with E-state index in [0.29, 0.717) is 17.0 Å². The lowest BCUT2D eigenvalue weighted by molar-refractivity contribution is -0.384. The first-order valence-electron chi connectivity index (χ1n) is 13.7. The second-order valence-corrected chi connectivity index (χ2v) is 9.81. The first kappa shape index (κ1) is 31.2. The lowest BCUT2D eigenvalue weighted by atomic mass is 9.80. The van der Waals surface area contributed by atoms with Crippen LogP contribution in [0.2, 0.25) is 0 Å². The van der Waals surface area contributed by atoms with E-state index < -0.39 is 28.7 Å². The maximum absolute atomic E-state index is 13.5. The number of phenols is 1. The van der Waals surface area contributed by atoms with Gasteiger partial charge in [-0.05, 0) is 43.2 Å². The molecule has 44 heavy (non-hydrogen) atoms. The molecule has 3 aromatic carbocycles. The van der Waals surface area contributed by atoms with Crippen LogP contribution in [0.1, 0.15) is 41.3 Å². The standard InChI is InChI=1S/C33H31N3O8/c1-21-28(32(39)43-18-9-12-23-10-4-3-5-11-23)30(24-13-8-14-25(20-24)36(41)42)29(22(2)35-21)33(40)44-19-17-34-31(38)26-15-6-7-16-27(26)37/h3-16,20,30,35,37H,17-19H2,1-2H3,(H,34,38)/b12-9+/t30-/m0/s1. The van der Waals surface area contributed by atoms with Crippen molar-refractivity contribution in [2.75, 3.05) is 19.8 Å². The molecule has 0 saturated carbocycles. The summed E-state index contributed by atoms with van der Waals surface area (Å²) < 4.78 is 11.0. The van der Waals surface area contributed by atoms with E-state index in [1.165, 1.54) is 30.3 Å². The number of ether oxygens (including phenoxy) is 2. The number of non-ortho nitro benzene ring substituents is 1. The van der Waals surface area contributed by atoms with Gasteiger partial charge in [0.1, 0.15) is 19.0 Å². The fourth-order valence-electron chi connectivity index (χ4n) is 4.78. The number of carbonyl (C=O) groups is 3. The number of dihydropyridines is 1. The van der Waals surface area contributed by atoms with Crippen molar-refractivity contribution in [2.24, 2.45) is 0 Å². The van der Waals surface area contributed by atoms with Crippen molar-refractivity contribution in [3.05, 3.63) is 134 Å². The lowest BCUT2D eigenvalue weighted by Crippen LogP contribution is -2.34. The van der Waals surface area contributed by atoms with Crippen LogP contribution in [0.25, 0.3) is 6.08 Å². The highest BCUT2D eigenvalue weighted by Gasteiger charge is 2.38. The summed E-state index contributed by atoms with van der Waals surface area (Å²) in [7, 11) is 0. The van der Waals surface area contributed by atoms with Crippen molar-refractivity contribution < 1.29 is 33.9 Å². The molecule has 0 radical (unpaired) electrons. The van der Waals surface area contributed by atoms with Gasteiger partial charge in [-0.3, -0.25) is 14.9 Å². The SMILES string of the molecule is CC1=C(C(=O)OC/C=C/c2ccccc2)[C@H](c2cccc([N+](=O)[O-])c2)C(C(=O)OCCNC(=O)c2ccccc2O)=C(C)N1. The predicted octanol–water partition coefficient (Wildman–Crippen LogP) is 4.77. The molecule has 3 N–H and O–H groups in total. The van der Waals surface area contributed by atoms with Crippen molar-refractivity contribution in [1.82, 2.24) is 10.6 Å². The average Bonchev–Trinajstić information content (AvgIpc) is 3.01. The summed E-state index contributed by atoms with van der Waals surface area (Å²) in [6, 6.07) is 21.2. The van der Waals surface area contributed by atoms with Gasteiger partial charge >= 0.3 is 11.9 Å². The Morgan fingerprint density at radius 1 is 0.932 bits per heavy atom. The van der Waals surface area contributed by atoms with Crippen LogP contribution in [-0.2, 0) is 19.1 Å². The third-order valence-electron chi connectivity index (χ3n) is 6.80. The Balaban J connectivity index is 1.54. The Bertz CT molecular complexity index is 1660. The van der Waals surface area contributed by atoms with E-state index >= 15 is 0 Å². The van der Waals surface area contributed by atoms with E-state index in [1.807, 2.05) is 30.3 Å². The molecule has 1 atom stereocenters. The van der Waals surface area contributed by atoms with Crippen LogP contribution in [-0.4, -0.2) is 47.6 Å². The number of para-hydroxylation sites is 1. The number of rotatable bonds is 11. The van der Waals surface area contributed by atoms with E-state index in [9.17, 15) is 29.6 Å². The molecule has 0 aliphatic carbocycles. The van der Waals surface area contributed by atoms with Gasteiger partial charge in [-0.2, -0.15) is 0 Å². The fourth-order valence-corrected chi connectivity index (χ4v) is 4.78. The number of nitrogens with zero attached hydrogens (tertiary/aromatic N) is 1. The average molecular weight is 598 g/mol. The van der Waals surface area contributed by atoms with Crippen LogP contribution >= 0.6 is 0 Å². The minimum absolute atomic E-state index is 0.0503. The molecule has 11 nitrogen and oxygen atoms in total. The Labute approximate surface area is 253 Å². The molecule has 0 aromatic heterocycles. The summed E-state index contributed by atoms with van der Waals surface area (Å²) in [5, 5.41) is 27.1. The van der Waals surface area contributed by atoms with Gasteiger partial charge in [-0.1, -0.05) is 60.7 Å². The van der Waals surface area contributed by atoms with Crippen LogP contribution in [0.5, 0.6) is 5.75 Å². The molecule has 1 amide bonds. The van der Waals surface area contributed by atoms with Crippen molar-refractivity contribution in [2.45, 2.75) is 19.8 Å². The molecule has 0 unspecified atom stereocenters. The Morgan fingerprint density at radius 3 is 2.27 bits per heavy atom. The summed E-state index contributed by atoms with van der Waals surface area (Å²) in [6.07, 6.45) is 3.48. The zero-order chi connectivity index (χ0) is 31.6. The van der Waals surface area contributed by atoms with Crippen molar-refractivity contribution in [1.29, 1.82) is 0 Å². The van der Waals surface area contributed by atoms with Gasteiger partial charge in [0.15, 0.2) is 0 Å². The highest BCUT2D eigenvalue weighted by molar-refractivity contribution is 6.00. The first-order valence-corrected chi connectivity index (χ1v) is 13.7. The normalized spacial score (nSPS) is 14.6. The number of hydrogen-bond donors (Lipinski definition) is 3. The van der Waals surface area contributed by atoms with Gasteiger partial charge in [0.25, 0.3) is 11.6 Å². The smallest absolute Gasteiger partial charge is 0.337 e. The van der Waals surface area contributed by atoms with Crippen molar-refractivity contribution in [3.63, 3.8) is 0 Å². The van der Waals surface area contributed by atoms with Gasteiger partial charge in [0.2, 0.25) is 0 Å². The Morgan fingerprint density at radius 2 is 1.59 bits per heavy atom. The number of amides is 1. The minimum Gasteiger partial charge on any atom is -0.507 e. The first-order chi connectivity index (χ1) is 21.2. The van der Waals surface area contributed by atoms with E-state index in [2.05, 4.69) is 10.6 Å². The maximum atomic E-state index is 13.5. The molecular weight excluding hydrogens is 566 g/mol. The third kappa shape index (κ3) is 7.57. The predicted molar refractivity (Wildman–Crippen MR) is 162 cm³/mol. The Kier molecular flexibility index (Phi) is 10.3. The molecule has 0 saturated heterocycles. The molecule has 0 fully saturated rings. The van der Waals surface area contributed by atoms with E-state index in [-0.39, 0.29) is 47.9 Å². The number of nitrogens with one attached hydrogen (secondary N) is 2. The third-order valence-corrected chi connectivity index (χ3v) is 6.80. The van der Waals surface area contributed by atoms with E-state index in [0.717, 1.165) is 5.56 Å². The maximum Gasteiger partial charge on any atom is 0.337 e. The molecule has 0 spiro atoms. The monoisotopic (exact) mass is 597 g/mol. The number of nitro benzene ring substituents is 1. The summed E-state index contributed by atoms with van der Waals surface area (Å²) in [4.78, 5) is 50.3.